The Labute approximate surface area is 184 Å². The summed E-state index contributed by atoms with van der Waals surface area (Å²) >= 11 is 1.49. The van der Waals surface area contributed by atoms with Crippen LogP contribution in [-0.2, 0) is 0 Å². The summed E-state index contributed by atoms with van der Waals surface area (Å²) in [5, 5.41) is 18.2. The van der Waals surface area contributed by atoms with Crippen molar-refractivity contribution in [3.63, 3.8) is 0 Å². The van der Waals surface area contributed by atoms with Crippen LogP contribution < -0.4 is 16.0 Å². The zero-order valence-corrected chi connectivity index (χ0v) is 17.9. The van der Waals surface area contributed by atoms with E-state index in [0.29, 0.717) is 16.5 Å². The summed E-state index contributed by atoms with van der Waals surface area (Å²) in [6.07, 6.45) is 0. The highest BCUT2D eigenvalue weighted by atomic mass is 32.1. The van der Waals surface area contributed by atoms with Crippen molar-refractivity contribution in [3.05, 3.63) is 54.1 Å². The second kappa shape index (κ2) is 7.91. The van der Waals surface area contributed by atoms with Gasteiger partial charge in [-0.05, 0) is 37.4 Å². The number of hydrogen-bond acceptors (Lipinski definition) is 8. The van der Waals surface area contributed by atoms with Crippen molar-refractivity contribution in [2.75, 3.05) is 49.2 Å². The first kappa shape index (κ1) is 19.4. The molecule has 5 rings (SSSR count). The largest absolute Gasteiger partial charge is 0.382 e. The zero-order valence-electron chi connectivity index (χ0n) is 17.1. The van der Waals surface area contributed by atoms with Crippen LogP contribution in [0, 0.1) is 11.3 Å². The maximum atomic E-state index is 9.71. The third kappa shape index (κ3) is 3.67. The molecule has 156 valence electrons. The average Bonchev–Trinajstić information content (AvgIpc) is 3.35. The molecule has 0 amide bonds. The van der Waals surface area contributed by atoms with Crippen molar-refractivity contribution in [3.8, 4) is 11.2 Å². The molecule has 0 radical (unpaired) electrons. The molecule has 1 saturated heterocycles. The average molecular weight is 431 g/mol. The molecule has 1 fully saturated rings. The third-order valence-corrected chi connectivity index (χ3v) is 6.49. The smallest absolute Gasteiger partial charge is 0.213 e. The van der Waals surface area contributed by atoms with E-state index in [2.05, 4.69) is 50.4 Å². The van der Waals surface area contributed by atoms with Crippen molar-refractivity contribution in [1.82, 2.24) is 19.7 Å². The summed E-state index contributed by atoms with van der Waals surface area (Å²) in [5.41, 5.74) is 9.47. The number of hydrogen-bond donors (Lipinski definition) is 2. The van der Waals surface area contributed by atoms with Crippen molar-refractivity contribution in [1.29, 1.82) is 5.26 Å². The van der Waals surface area contributed by atoms with Gasteiger partial charge in [0.25, 0.3) is 0 Å². The molecule has 0 unspecified atom stereocenters. The normalized spacial score (nSPS) is 14.6. The Morgan fingerprint density at radius 3 is 2.68 bits per heavy atom. The number of nitrogen functional groups attached to an aromatic ring is 1. The van der Waals surface area contributed by atoms with Crippen LogP contribution in [0.3, 0.4) is 0 Å². The van der Waals surface area contributed by atoms with E-state index in [0.717, 1.165) is 47.8 Å². The highest BCUT2D eigenvalue weighted by Crippen LogP contribution is 2.31. The molecule has 3 N–H and O–H groups in total. The number of anilines is 4. The molecule has 4 aromatic rings. The second-order valence-corrected chi connectivity index (χ2v) is 8.57. The number of likely N-dealkylation sites (N-methyl/N-ethyl adjacent to an activating group) is 1. The molecular formula is C22H22N8S. The van der Waals surface area contributed by atoms with Gasteiger partial charge in [0, 0.05) is 37.6 Å². The fourth-order valence-corrected chi connectivity index (χ4v) is 4.64. The van der Waals surface area contributed by atoms with E-state index >= 15 is 0 Å². The van der Waals surface area contributed by atoms with Crippen LogP contribution in [0.15, 0.2) is 48.5 Å². The first-order valence-electron chi connectivity index (χ1n) is 10.1. The Bertz CT molecular complexity index is 1240. The Hall–Kier alpha value is -3.61. The lowest BCUT2D eigenvalue weighted by Gasteiger charge is -2.34. The zero-order chi connectivity index (χ0) is 21.4. The summed E-state index contributed by atoms with van der Waals surface area (Å²) in [4.78, 5) is 9.31. The molecule has 2 aromatic carbocycles. The lowest BCUT2D eigenvalue weighted by atomic mass is 10.2. The van der Waals surface area contributed by atoms with Crippen LogP contribution >= 0.6 is 11.3 Å². The molecule has 3 heterocycles. The number of benzene rings is 2. The highest BCUT2D eigenvalue weighted by Gasteiger charge is 2.20. The predicted molar refractivity (Wildman–Crippen MR) is 125 cm³/mol. The van der Waals surface area contributed by atoms with E-state index in [4.69, 9.17) is 5.73 Å². The van der Waals surface area contributed by atoms with Gasteiger partial charge >= 0.3 is 0 Å². The minimum absolute atomic E-state index is 0.277. The Kier molecular flexibility index (Phi) is 4.94. The summed E-state index contributed by atoms with van der Waals surface area (Å²) in [5.74, 6) is 0.703. The predicted octanol–water partition coefficient (Wildman–Crippen LogP) is 3.43. The Morgan fingerprint density at radius 2 is 1.90 bits per heavy atom. The number of rotatable bonds is 4. The third-order valence-electron chi connectivity index (χ3n) is 5.47. The summed E-state index contributed by atoms with van der Waals surface area (Å²) < 4.78 is 2.58. The van der Waals surface area contributed by atoms with Gasteiger partial charge in [0.05, 0.1) is 10.2 Å². The van der Waals surface area contributed by atoms with E-state index in [1.54, 1.807) is 0 Å². The molecular weight excluding hydrogens is 408 g/mol. The van der Waals surface area contributed by atoms with Crippen LogP contribution in [0.2, 0.25) is 0 Å². The molecule has 1 aliphatic rings. The fraction of sp³-hybridized carbons (Fsp3) is 0.227. The van der Waals surface area contributed by atoms with Crippen LogP contribution in [0.4, 0.5) is 23.0 Å². The van der Waals surface area contributed by atoms with Gasteiger partial charge in [-0.3, -0.25) is 0 Å². The molecule has 9 heteroatoms. The number of nitrogens with zero attached hydrogens (tertiary/aromatic N) is 6. The molecule has 8 nitrogen and oxygen atoms in total. The van der Waals surface area contributed by atoms with Gasteiger partial charge in [0.2, 0.25) is 5.13 Å². The topological polar surface area (TPSA) is 99.0 Å². The van der Waals surface area contributed by atoms with E-state index in [1.165, 1.54) is 16.0 Å². The SMILES string of the molecule is CN1CCN(c2cccc(Nc3nn(-c4nc5ccccc5s4)c(N)c3C#N)c2)CC1. The van der Waals surface area contributed by atoms with Crippen LogP contribution in [0.25, 0.3) is 15.3 Å². The minimum atomic E-state index is 0.277. The number of para-hydroxylation sites is 1. The van der Waals surface area contributed by atoms with E-state index in [1.807, 2.05) is 36.4 Å². The first-order valence-corrected chi connectivity index (χ1v) is 10.9. The Balaban J connectivity index is 1.45. The van der Waals surface area contributed by atoms with E-state index < -0.39 is 0 Å². The maximum absolute atomic E-state index is 9.71. The van der Waals surface area contributed by atoms with Crippen LogP contribution in [-0.4, -0.2) is 52.9 Å². The fourth-order valence-electron chi connectivity index (χ4n) is 3.71. The maximum Gasteiger partial charge on any atom is 0.213 e. The van der Waals surface area contributed by atoms with Crippen molar-refractivity contribution < 1.29 is 0 Å². The summed E-state index contributed by atoms with van der Waals surface area (Å²) in [6.45, 7) is 4.06. The molecule has 0 aliphatic carbocycles. The molecule has 0 atom stereocenters. The number of thiazole rings is 1. The summed E-state index contributed by atoms with van der Waals surface area (Å²) in [6, 6.07) is 18.2. The molecule has 31 heavy (non-hydrogen) atoms. The van der Waals surface area contributed by atoms with Gasteiger partial charge in [-0.15, -0.1) is 5.10 Å². The van der Waals surface area contributed by atoms with Crippen molar-refractivity contribution in [2.45, 2.75) is 0 Å². The second-order valence-electron chi connectivity index (χ2n) is 7.56. The van der Waals surface area contributed by atoms with Gasteiger partial charge in [0.15, 0.2) is 5.82 Å². The highest BCUT2D eigenvalue weighted by molar-refractivity contribution is 7.20. The standard InChI is InChI=1S/C22H22N8S/c1-28-9-11-29(12-10-28)16-6-4-5-15(13-16)25-21-17(14-23)20(24)30(27-21)22-26-18-7-2-3-8-19(18)31-22/h2-8,13H,9-12,24H2,1H3,(H,25,27). The monoisotopic (exact) mass is 430 g/mol. The van der Waals surface area contributed by atoms with Gasteiger partial charge in [-0.2, -0.15) is 9.94 Å². The molecule has 0 bridgehead atoms. The summed E-state index contributed by atoms with van der Waals surface area (Å²) in [7, 11) is 2.14. The molecule has 1 aliphatic heterocycles. The number of aromatic nitrogens is 3. The molecule has 0 spiro atoms. The van der Waals surface area contributed by atoms with Gasteiger partial charge in [-0.25, -0.2) is 4.98 Å². The van der Waals surface area contributed by atoms with Crippen LogP contribution in [0.1, 0.15) is 5.56 Å². The van der Waals surface area contributed by atoms with Gasteiger partial charge in [0.1, 0.15) is 17.5 Å². The number of nitriles is 1. The molecule has 2 aromatic heterocycles. The van der Waals surface area contributed by atoms with Crippen molar-refractivity contribution >= 4 is 44.6 Å². The quantitative estimate of drug-likeness (QED) is 0.512. The minimum Gasteiger partial charge on any atom is -0.382 e. The van der Waals surface area contributed by atoms with Gasteiger partial charge < -0.3 is 20.9 Å². The first-order chi connectivity index (χ1) is 15.1. The number of fused-ring (bicyclic) bond motifs is 1. The van der Waals surface area contributed by atoms with Gasteiger partial charge in [-0.1, -0.05) is 29.5 Å². The van der Waals surface area contributed by atoms with E-state index in [9.17, 15) is 5.26 Å². The number of nitrogens with one attached hydrogen (secondary N) is 1. The lowest BCUT2D eigenvalue weighted by Crippen LogP contribution is -2.44. The van der Waals surface area contributed by atoms with E-state index in [-0.39, 0.29) is 5.82 Å². The molecule has 0 saturated carbocycles. The Morgan fingerprint density at radius 1 is 1.10 bits per heavy atom. The number of nitrogens with two attached hydrogens (primary N) is 1. The number of piperazine rings is 1. The lowest BCUT2D eigenvalue weighted by molar-refractivity contribution is 0.313. The van der Waals surface area contributed by atoms with Crippen LogP contribution in [0.5, 0.6) is 0 Å². The van der Waals surface area contributed by atoms with Crippen molar-refractivity contribution in [2.24, 2.45) is 0 Å².